The molecule has 0 saturated carbocycles. The standard InChI is InChI=1S/C8H5ClN2O/c1-5-2-6(8(9)12)4-11-7(5)3-10/h2,4H,1H3. The summed E-state index contributed by atoms with van der Waals surface area (Å²) >= 11 is 5.21. The van der Waals surface area contributed by atoms with Gasteiger partial charge in [-0.2, -0.15) is 5.26 Å². The highest BCUT2D eigenvalue weighted by Crippen LogP contribution is 2.08. The Morgan fingerprint density at radius 2 is 2.42 bits per heavy atom. The van der Waals surface area contributed by atoms with Crippen molar-refractivity contribution in [2.75, 3.05) is 0 Å². The van der Waals surface area contributed by atoms with Crippen molar-refractivity contribution in [1.82, 2.24) is 4.98 Å². The van der Waals surface area contributed by atoms with Crippen LogP contribution in [0.25, 0.3) is 0 Å². The van der Waals surface area contributed by atoms with E-state index in [9.17, 15) is 4.79 Å². The summed E-state index contributed by atoms with van der Waals surface area (Å²) < 4.78 is 0. The molecule has 1 aromatic heterocycles. The van der Waals surface area contributed by atoms with E-state index in [0.717, 1.165) is 0 Å². The van der Waals surface area contributed by atoms with Crippen LogP contribution in [0, 0.1) is 18.3 Å². The van der Waals surface area contributed by atoms with E-state index in [4.69, 9.17) is 16.9 Å². The van der Waals surface area contributed by atoms with Crippen LogP contribution in [0.1, 0.15) is 21.6 Å². The summed E-state index contributed by atoms with van der Waals surface area (Å²) in [6.07, 6.45) is 1.29. The molecule has 1 aromatic rings. The van der Waals surface area contributed by atoms with Crippen LogP contribution in [0.15, 0.2) is 12.3 Å². The SMILES string of the molecule is Cc1cc(C(=O)Cl)cnc1C#N. The van der Waals surface area contributed by atoms with Crippen molar-refractivity contribution < 1.29 is 4.79 Å². The Labute approximate surface area is 74.6 Å². The van der Waals surface area contributed by atoms with Gasteiger partial charge < -0.3 is 0 Å². The molecule has 60 valence electrons. The Kier molecular flexibility index (Phi) is 2.41. The highest BCUT2D eigenvalue weighted by atomic mass is 35.5. The summed E-state index contributed by atoms with van der Waals surface area (Å²) in [6, 6.07) is 3.44. The van der Waals surface area contributed by atoms with Crippen LogP contribution in [0.3, 0.4) is 0 Å². The molecule has 0 bridgehead atoms. The zero-order valence-electron chi connectivity index (χ0n) is 6.34. The maximum absolute atomic E-state index is 10.6. The average molecular weight is 181 g/mol. The summed E-state index contributed by atoms with van der Waals surface area (Å²) in [7, 11) is 0. The molecule has 0 radical (unpaired) electrons. The zero-order chi connectivity index (χ0) is 9.14. The Morgan fingerprint density at radius 1 is 1.75 bits per heavy atom. The second-order valence-corrected chi connectivity index (χ2v) is 2.62. The van der Waals surface area contributed by atoms with Gasteiger partial charge in [-0.25, -0.2) is 4.98 Å². The molecule has 1 rings (SSSR count). The van der Waals surface area contributed by atoms with Gasteiger partial charge in [-0.3, -0.25) is 4.79 Å². The third-order valence-corrected chi connectivity index (χ3v) is 1.63. The maximum Gasteiger partial charge on any atom is 0.253 e. The summed E-state index contributed by atoms with van der Waals surface area (Å²) in [5, 5.41) is 7.96. The van der Waals surface area contributed by atoms with E-state index in [1.165, 1.54) is 6.20 Å². The number of hydrogen-bond acceptors (Lipinski definition) is 3. The zero-order valence-corrected chi connectivity index (χ0v) is 7.09. The van der Waals surface area contributed by atoms with Gasteiger partial charge in [0.1, 0.15) is 11.8 Å². The smallest absolute Gasteiger partial charge is 0.253 e. The van der Waals surface area contributed by atoms with Gasteiger partial charge in [0.25, 0.3) is 5.24 Å². The first-order chi connectivity index (χ1) is 5.65. The molecule has 0 aromatic carbocycles. The lowest BCUT2D eigenvalue weighted by Gasteiger charge is -1.96. The lowest BCUT2D eigenvalue weighted by molar-refractivity contribution is 0.108. The van der Waals surface area contributed by atoms with E-state index < -0.39 is 5.24 Å². The lowest BCUT2D eigenvalue weighted by atomic mass is 10.2. The average Bonchev–Trinajstić information content (AvgIpc) is 2.04. The van der Waals surface area contributed by atoms with Gasteiger partial charge in [0.15, 0.2) is 0 Å². The van der Waals surface area contributed by atoms with Crippen LogP contribution in [-0.2, 0) is 0 Å². The van der Waals surface area contributed by atoms with Crippen molar-refractivity contribution in [3.8, 4) is 6.07 Å². The van der Waals surface area contributed by atoms with Crippen LogP contribution >= 0.6 is 11.6 Å². The van der Waals surface area contributed by atoms with E-state index >= 15 is 0 Å². The minimum Gasteiger partial charge on any atom is -0.276 e. The highest BCUT2D eigenvalue weighted by molar-refractivity contribution is 6.67. The first-order valence-electron chi connectivity index (χ1n) is 3.21. The molecule has 3 nitrogen and oxygen atoms in total. The van der Waals surface area contributed by atoms with E-state index in [2.05, 4.69) is 4.98 Å². The molecule has 1 heterocycles. The molecule has 0 fully saturated rings. The van der Waals surface area contributed by atoms with E-state index in [-0.39, 0.29) is 0 Å². The minimum absolute atomic E-state index is 0.313. The molecular formula is C8H5ClN2O. The van der Waals surface area contributed by atoms with Crippen molar-refractivity contribution >= 4 is 16.8 Å². The fraction of sp³-hybridized carbons (Fsp3) is 0.125. The Hall–Kier alpha value is -1.40. The molecule has 0 aliphatic heterocycles. The molecule has 0 aliphatic rings. The van der Waals surface area contributed by atoms with Gasteiger partial charge in [-0.1, -0.05) is 0 Å². The van der Waals surface area contributed by atoms with Gasteiger partial charge >= 0.3 is 0 Å². The molecule has 0 aliphatic carbocycles. The molecule has 4 heteroatoms. The van der Waals surface area contributed by atoms with Crippen LogP contribution in [0.5, 0.6) is 0 Å². The number of aromatic nitrogens is 1. The molecule has 12 heavy (non-hydrogen) atoms. The van der Waals surface area contributed by atoms with Crippen molar-refractivity contribution in [2.45, 2.75) is 6.92 Å². The number of carbonyl (C=O) groups is 1. The second-order valence-electron chi connectivity index (χ2n) is 2.28. The maximum atomic E-state index is 10.6. The predicted octanol–water partition coefficient (Wildman–Crippen LogP) is 1.64. The fourth-order valence-electron chi connectivity index (χ4n) is 0.799. The Morgan fingerprint density at radius 3 is 2.83 bits per heavy atom. The topological polar surface area (TPSA) is 53.8 Å². The number of aryl methyl sites for hydroxylation is 1. The number of pyridine rings is 1. The normalized spacial score (nSPS) is 9.08. The fourth-order valence-corrected chi connectivity index (χ4v) is 0.903. The van der Waals surface area contributed by atoms with Crippen molar-refractivity contribution in [1.29, 1.82) is 5.26 Å². The molecule has 0 atom stereocenters. The molecule has 0 amide bonds. The highest BCUT2D eigenvalue weighted by Gasteiger charge is 2.04. The van der Waals surface area contributed by atoms with Gasteiger partial charge in [0.05, 0.1) is 5.56 Å². The third kappa shape index (κ3) is 1.60. The van der Waals surface area contributed by atoms with Crippen LogP contribution in [0.4, 0.5) is 0 Å². The van der Waals surface area contributed by atoms with Gasteiger partial charge in [0.2, 0.25) is 0 Å². The van der Waals surface area contributed by atoms with Crippen molar-refractivity contribution in [3.05, 3.63) is 29.1 Å². The van der Waals surface area contributed by atoms with Crippen LogP contribution in [-0.4, -0.2) is 10.2 Å². The van der Waals surface area contributed by atoms with Crippen molar-refractivity contribution in [2.24, 2.45) is 0 Å². The van der Waals surface area contributed by atoms with E-state index in [1.807, 2.05) is 6.07 Å². The van der Waals surface area contributed by atoms with Crippen molar-refractivity contribution in [3.63, 3.8) is 0 Å². The largest absolute Gasteiger partial charge is 0.276 e. The Bertz CT molecular complexity index is 368. The monoisotopic (exact) mass is 180 g/mol. The number of nitriles is 1. The first kappa shape index (κ1) is 8.69. The molecule has 0 spiro atoms. The summed E-state index contributed by atoms with van der Waals surface area (Å²) in [5.41, 5.74) is 1.29. The van der Waals surface area contributed by atoms with E-state index in [0.29, 0.717) is 16.8 Å². The number of halogens is 1. The van der Waals surface area contributed by atoms with Gasteiger partial charge in [-0.15, -0.1) is 0 Å². The van der Waals surface area contributed by atoms with Crippen LogP contribution < -0.4 is 0 Å². The first-order valence-corrected chi connectivity index (χ1v) is 3.59. The van der Waals surface area contributed by atoms with Crippen LogP contribution in [0.2, 0.25) is 0 Å². The quantitative estimate of drug-likeness (QED) is 0.618. The lowest BCUT2D eigenvalue weighted by Crippen LogP contribution is -1.94. The summed E-state index contributed by atoms with van der Waals surface area (Å²) in [5.74, 6) is 0. The van der Waals surface area contributed by atoms with Gasteiger partial charge in [0, 0.05) is 6.20 Å². The minimum atomic E-state index is -0.560. The van der Waals surface area contributed by atoms with Gasteiger partial charge in [-0.05, 0) is 30.2 Å². The second kappa shape index (κ2) is 3.33. The number of nitrogens with zero attached hydrogens (tertiary/aromatic N) is 2. The molecular weight excluding hydrogens is 176 g/mol. The predicted molar refractivity (Wildman–Crippen MR) is 43.9 cm³/mol. The molecule has 0 unspecified atom stereocenters. The number of hydrogen-bond donors (Lipinski definition) is 0. The molecule has 0 N–H and O–H groups in total. The summed E-state index contributed by atoms with van der Waals surface area (Å²) in [4.78, 5) is 14.4. The molecule has 0 saturated heterocycles. The number of carbonyl (C=O) groups excluding carboxylic acids is 1. The summed E-state index contributed by atoms with van der Waals surface area (Å²) in [6.45, 7) is 1.70. The number of rotatable bonds is 1. The third-order valence-electron chi connectivity index (χ3n) is 1.41. The van der Waals surface area contributed by atoms with E-state index in [1.54, 1.807) is 13.0 Å². The Balaban J connectivity index is 3.21.